The number of benzene rings is 2. The lowest BCUT2D eigenvalue weighted by atomic mass is 10.0. The Morgan fingerprint density at radius 1 is 0.878 bits per heavy atom. The molecule has 1 aromatic heterocycles. The molecule has 2 heterocycles. The van der Waals surface area contributed by atoms with Crippen LogP contribution in [0.3, 0.4) is 0 Å². The monoisotopic (exact) mass is 562 g/mol. The van der Waals surface area contributed by atoms with Crippen LogP contribution in [0.15, 0.2) is 54.6 Å². The Labute approximate surface area is 238 Å². The molecule has 4 rings (SSSR count). The number of nitrogens with one attached hydrogen (secondary N) is 1. The van der Waals surface area contributed by atoms with Gasteiger partial charge in [-0.2, -0.15) is 5.10 Å². The van der Waals surface area contributed by atoms with Crippen molar-refractivity contribution in [2.24, 2.45) is 0 Å². The molecule has 41 heavy (non-hydrogen) atoms. The van der Waals surface area contributed by atoms with E-state index in [1.165, 1.54) is 18.9 Å². The number of methoxy groups -OCH3 is 2. The molecule has 1 aliphatic heterocycles. The van der Waals surface area contributed by atoms with E-state index < -0.39 is 23.6 Å². The number of ether oxygens (including phenoxy) is 3. The van der Waals surface area contributed by atoms with Gasteiger partial charge in [-0.15, -0.1) is 0 Å². The average Bonchev–Trinajstić information content (AvgIpc) is 3.36. The number of likely N-dealkylation sites (tertiary alicyclic amines) is 1. The third kappa shape index (κ3) is 6.74. The van der Waals surface area contributed by atoms with Gasteiger partial charge in [0.1, 0.15) is 16.9 Å². The summed E-state index contributed by atoms with van der Waals surface area (Å²) in [5.41, 5.74) is 1.07. The van der Waals surface area contributed by atoms with Crippen molar-refractivity contribution in [3.8, 4) is 16.9 Å². The summed E-state index contributed by atoms with van der Waals surface area (Å²) in [7, 11) is 2.45. The van der Waals surface area contributed by atoms with E-state index in [1.807, 2.05) is 26.8 Å². The van der Waals surface area contributed by atoms with Gasteiger partial charge >= 0.3 is 18.0 Å². The third-order valence-corrected chi connectivity index (χ3v) is 6.56. The Morgan fingerprint density at radius 2 is 1.49 bits per heavy atom. The van der Waals surface area contributed by atoms with Crippen molar-refractivity contribution in [2.45, 2.75) is 45.3 Å². The van der Waals surface area contributed by atoms with Gasteiger partial charge in [-0.25, -0.2) is 19.1 Å². The number of carbonyl (C=O) groups excluding carboxylic acids is 4. The predicted octanol–water partition coefficient (Wildman–Crippen LogP) is 4.24. The maximum absolute atomic E-state index is 13.2. The smallest absolute Gasteiger partial charge is 0.407 e. The molecule has 0 unspecified atom stereocenters. The number of aromatic nitrogens is 2. The van der Waals surface area contributed by atoms with Crippen molar-refractivity contribution < 1.29 is 33.4 Å². The van der Waals surface area contributed by atoms with Crippen molar-refractivity contribution in [3.05, 3.63) is 71.4 Å². The summed E-state index contributed by atoms with van der Waals surface area (Å²) in [5, 5.41) is 7.45. The molecule has 0 aliphatic carbocycles. The fourth-order valence-electron chi connectivity index (χ4n) is 4.61. The number of para-hydroxylation sites is 1. The van der Waals surface area contributed by atoms with E-state index in [9.17, 15) is 19.2 Å². The number of carbonyl (C=O) groups is 4. The molecular formula is C30H34N4O7. The number of nitrogens with zero attached hydrogens (tertiary/aromatic N) is 3. The van der Waals surface area contributed by atoms with E-state index in [0.717, 1.165) is 0 Å². The second-order valence-electron chi connectivity index (χ2n) is 10.6. The highest BCUT2D eigenvalue weighted by Crippen LogP contribution is 2.30. The third-order valence-electron chi connectivity index (χ3n) is 6.56. The molecular weight excluding hydrogens is 528 g/mol. The second-order valence-corrected chi connectivity index (χ2v) is 10.6. The number of rotatable bonds is 6. The van der Waals surface area contributed by atoms with Crippen LogP contribution >= 0.6 is 0 Å². The fourth-order valence-corrected chi connectivity index (χ4v) is 4.61. The lowest BCUT2D eigenvalue weighted by Crippen LogP contribution is -2.47. The maximum Gasteiger partial charge on any atom is 0.407 e. The van der Waals surface area contributed by atoms with Crippen LogP contribution in [0.25, 0.3) is 16.9 Å². The number of piperidine rings is 1. The Hall–Kier alpha value is -4.67. The molecule has 1 saturated heterocycles. The van der Waals surface area contributed by atoms with Crippen molar-refractivity contribution in [2.75, 3.05) is 27.3 Å². The lowest BCUT2D eigenvalue weighted by molar-refractivity contribution is 0.0472. The standard InChI is InChI=1S/C30H34N4O7/c1-30(2,3)41-29(38)31-21-15-17-33(18-16-21)26(35)20-13-11-19(12-14-20)24-23(27(36)39-4)25(28(37)40-5)34(32-24)22-9-7-6-8-10-22/h6-14,21H,15-18H2,1-5H3,(H,31,38). The Bertz CT molecular complexity index is 1420. The van der Waals surface area contributed by atoms with Crippen LogP contribution in [0.5, 0.6) is 0 Å². The van der Waals surface area contributed by atoms with Gasteiger partial charge in [0, 0.05) is 30.3 Å². The highest BCUT2D eigenvalue weighted by molar-refractivity contribution is 6.07. The molecule has 0 radical (unpaired) electrons. The van der Waals surface area contributed by atoms with E-state index in [-0.39, 0.29) is 28.9 Å². The summed E-state index contributed by atoms with van der Waals surface area (Å²) in [6.07, 6.45) is 0.756. The first-order chi connectivity index (χ1) is 19.5. The lowest BCUT2D eigenvalue weighted by Gasteiger charge is -2.33. The minimum absolute atomic E-state index is 0.0400. The van der Waals surface area contributed by atoms with Crippen LogP contribution < -0.4 is 5.32 Å². The van der Waals surface area contributed by atoms with Gasteiger partial charge in [0.25, 0.3) is 5.91 Å². The molecule has 216 valence electrons. The molecule has 3 aromatic rings. The van der Waals surface area contributed by atoms with E-state index >= 15 is 0 Å². The van der Waals surface area contributed by atoms with Crippen molar-refractivity contribution in [3.63, 3.8) is 0 Å². The van der Waals surface area contributed by atoms with Crippen LogP contribution in [0.4, 0.5) is 4.79 Å². The van der Waals surface area contributed by atoms with Gasteiger partial charge in [-0.05, 0) is 57.9 Å². The summed E-state index contributed by atoms with van der Waals surface area (Å²) in [6.45, 7) is 6.39. The Kier molecular flexibility index (Phi) is 8.75. The van der Waals surface area contributed by atoms with Crippen molar-refractivity contribution >= 4 is 23.9 Å². The zero-order valence-corrected chi connectivity index (χ0v) is 23.8. The first-order valence-corrected chi connectivity index (χ1v) is 13.3. The molecule has 1 fully saturated rings. The summed E-state index contributed by atoms with van der Waals surface area (Å²) in [4.78, 5) is 52.7. The van der Waals surface area contributed by atoms with Gasteiger partial charge in [0.2, 0.25) is 0 Å². The van der Waals surface area contributed by atoms with Crippen molar-refractivity contribution in [1.82, 2.24) is 20.0 Å². The number of amides is 2. The second kappa shape index (κ2) is 12.2. The average molecular weight is 563 g/mol. The highest BCUT2D eigenvalue weighted by Gasteiger charge is 2.32. The minimum Gasteiger partial charge on any atom is -0.465 e. The Morgan fingerprint density at radius 3 is 2.05 bits per heavy atom. The molecule has 11 nitrogen and oxygen atoms in total. The van der Waals surface area contributed by atoms with Gasteiger partial charge in [0.15, 0.2) is 5.69 Å². The van der Waals surface area contributed by atoms with Crippen LogP contribution in [0, 0.1) is 0 Å². The number of esters is 2. The number of hydrogen-bond donors (Lipinski definition) is 1. The summed E-state index contributed by atoms with van der Waals surface area (Å²) >= 11 is 0. The van der Waals surface area contributed by atoms with E-state index in [4.69, 9.17) is 14.2 Å². The first kappa shape index (κ1) is 29.3. The molecule has 1 aliphatic rings. The molecule has 0 atom stereocenters. The van der Waals surface area contributed by atoms with E-state index in [2.05, 4.69) is 10.4 Å². The van der Waals surface area contributed by atoms with Gasteiger partial charge < -0.3 is 24.4 Å². The maximum atomic E-state index is 13.2. The van der Waals surface area contributed by atoms with Crippen LogP contribution in [0.1, 0.15) is 64.8 Å². The summed E-state index contributed by atoms with van der Waals surface area (Å²) < 4.78 is 16.6. The number of hydrogen-bond acceptors (Lipinski definition) is 8. The largest absolute Gasteiger partial charge is 0.465 e. The predicted molar refractivity (Wildman–Crippen MR) is 150 cm³/mol. The first-order valence-electron chi connectivity index (χ1n) is 13.3. The fraction of sp³-hybridized carbons (Fsp3) is 0.367. The molecule has 2 aromatic carbocycles. The normalized spacial score (nSPS) is 13.8. The molecule has 2 amide bonds. The van der Waals surface area contributed by atoms with Gasteiger partial charge in [-0.1, -0.05) is 30.3 Å². The molecule has 0 spiro atoms. The molecule has 1 N–H and O–H groups in total. The zero-order valence-electron chi connectivity index (χ0n) is 23.8. The highest BCUT2D eigenvalue weighted by atomic mass is 16.6. The van der Waals surface area contributed by atoms with E-state index in [1.54, 1.807) is 53.4 Å². The van der Waals surface area contributed by atoms with Crippen LogP contribution in [0.2, 0.25) is 0 Å². The zero-order chi connectivity index (χ0) is 29.7. The molecule has 11 heteroatoms. The quantitative estimate of drug-likeness (QED) is 0.349. The molecule has 0 bridgehead atoms. The van der Waals surface area contributed by atoms with Crippen LogP contribution in [-0.2, 0) is 14.2 Å². The molecule has 0 saturated carbocycles. The summed E-state index contributed by atoms with van der Waals surface area (Å²) in [6, 6.07) is 15.5. The van der Waals surface area contributed by atoms with Crippen LogP contribution in [-0.4, -0.2) is 77.6 Å². The SMILES string of the molecule is COC(=O)c1c(-c2ccc(C(=O)N3CCC(NC(=O)OC(C)(C)C)CC3)cc2)nn(-c2ccccc2)c1C(=O)OC. The topological polar surface area (TPSA) is 129 Å². The van der Waals surface area contributed by atoms with Crippen molar-refractivity contribution in [1.29, 1.82) is 0 Å². The van der Waals surface area contributed by atoms with Gasteiger partial charge in [-0.3, -0.25) is 4.79 Å². The summed E-state index contributed by atoms with van der Waals surface area (Å²) in [5.74, 6) is -1.64. The number of alkyl carbamates (subject to hydrolysis) is 1. The van der Waals surface area contributed by atoms with Gasteiger partial charge in [0.05, 0.1) is 19.9 Å². The Balaban J connectivity index is 1.55. The van der Waals surface area contributed by atoms with E-state index in [0.29, 0.717) is 42.7 Å². The minimum atomic E-state index is -0.746.